The molecule has 0 bridgehead atoms. The zero-order valence-electron chi connectivity index (χ0n) is 10.9. The molecule has 0 aromatic carbocycles. The van der Waals surface area contributed by atoms with Crippen LogP contribution in [0.25, 0.3) is 0 Å². The number of halogens is 1. The van der Waals surface area contributed by atoms with Gasteiger partial charge in [0.1, 0.15) is 5.25 Å². The number of piperidine rings is 1. The second-order valence-corrected chi connectivity index (χ2v) is 6.64. The molecule has 2 atom stereocenters. The fourth-order valence-electron chi connectivity index (χ4n) is 2.06. The predicted octanol–water partition coefficient (Wildman–Crippen LogP) is 1.24. The number of sulfonamides is 1. The van der Waals surface area contributed by atoms with Crippen LogP contribution < -0.4 is 10.0 Å². The fraction of sp³-hybridized carbons (Fsp3) is 0.583. The zero-order valence-corrected chi connectivity index (χ0v) is 12.5. The van der Waals surface area contributed by atoms with Crippen LogP contribution in [0.4, 0.5) is 0 Å². The molecule has 0 spiro atoms. The van der Waals surface area contributed by atoms with Gasteiger partial charge in [-0.15, -0.1) is 12.4 Å². The predicted molar refractivity (Wildman–Crippen MR) is 77.8 cm³/mol. The van der Waals surface area contributed by atoms with Gasteiger partial charge in [-0.25, -0.2) is 13.1 Å². The first kappa shape index (κ1) is 16.4. The van der Waals surface area contributed by atoms with E-state index in [-0.39, 0.29) is 18.4 Å². The van der Waals surface area contributed by atoms with Gasteiger partial charge < -0.3 is 5.32 Å². The molecule has 1 saturated heterocycles. The zero-order chi connectivity index (χ0) is 13.0. The van der Waals surface area contributed by atoms with Crippen LogP contribution in [-0.2, 0) is 10.0 Å². The van der Waals surface area contributed by atoms with E-state index in [0.717, 1.165) is 19.4 Å². The van der Waals surface area contributed by atoms with Crippen LogP contribution in [-0.4, -0.2) is 32.5 Å². The van der Waals surface area contributed by atoms with Crippen LogP contribution in [0.5, 0.6) is 0 Å². The normalized spacial score (nSPS) is 21.4. The number of pyridine rings is 1. The number of hydrogen-bond acceptors (Lipinski definition) is 4. The Balaban J connectivity index is 0.00000180. The van der Waals surface area contributed by atoms with E-state index < -0.39 is 15.3 Å². The Morgan fingerprint density at radius 3 is 2.84 bits per heavy atom. The van der Waals surface area contributed by atoms with Gasteiger partial charge in [0.25, 0.3) is 0 Å². The molecule has 0 aliphatic carbocycles. The largest absolute Gasteiger partial charge is 0.315 e. The van der Waals surface area contributed by atoms with Crippen molar-refractivity contribution in [2.75, 3.05) is 13.1 Å². The highest BCUT2D eigenvalue weighted by molar-refractivity contribution is 7.89. The van der Waals surface area contributed by atoms with Crippen molar-refractivity contribution in [3.05, 3.63) is 30.1 Å². The highest BCUT2D eigenvalue weighted by atomic mass is 35.5. The quantitative estimate of drug-likeness (QED) is 0.878. The van der Waals surface area contributed by atoms with E-state index in [1.54, 1.807) is 31.3 Å². The summed E-state index contributed by atoms with van der Waals surface area (Å²) >= 11 is 0. The summed E-state index contributed by atoms with van der Waals surface area (Å²) in [5, 5.41) is 2.57. The average molecular weight is 306 g/mol. The van der Waals surface area contributed by atoms with Crippen LogP contribution in [0.1, 0.15) is 30.7 Å². The summed E-state index contributed by atoms with van der Waals surface area (Å²) in [6, 6.07) is 5.32. The van der Waals surface area contributed by atoms with Gasteiger partial charge in [0.05, 0.1) is 5.69 Å². The average Bonchev–Trinajstić information content (AvgIpc) is 2.39. The highest BCUT2D eigenvalue weighted by Crippen LogP contribution is 2.19. The Morgan fingerprint density at radius 1 is 1.47 bits per heavy atom. The molecule has 0 saturated carbocycles. The minimum Gasteiger partial charge on any atom is -0.315 e. The maximum atomic E-state index is 12.2. The summed E-state index contributed by atoms with van der Waals surface area (Å²) in [4.78, 5) is 4.10. The maximum absolute atomic E-state index is 12.2. The Morgan fingerprint density at radius 2 is 2.26 bits per heavy atom. The Kier molecular flexibility index (Phi) is 6.19. The minimum atomic E-state index is -3.37. The van der Waals surface area contributed by atoms with Crippen molar-refractivity contribution in [3.63, 3.8) is 0 Å². The van der Waals surface area contributed by atoms with E-state index in [1.807, 2.05) is 0 Å². The standard InChI is InChI=1S/C12H19N3O2S.ClH/c1-10(12-6-2-3-8-14-12)18(16,17)15-11-5-4-7-13-9-11;/h2-3,6,8,10-11,13,15H,4-5,7,9H2,1H3;1H. The first-order valence-electron chi connectivity index (χ1n) is 6.22. The van der Waals surface area contributed by atoms with Crippen molar-refractivity contribution in [3.8, 4) is 0 Å². The number of rotatable bonds is 4. The third-order valence-electron chi connectivity index (χ3n) is 3.20. The first-order chi connectivity index (χ1) is 8.59. The summed E-state index contributed by atoms with van der Waals surface area (Å²) in [7, 11) is -3.37. The Labute approximate surface area is 120 Å². The van der Waals surface area contributed by atoms with Crippen LogP contribution in [0.15, 0.2) is 24.4 Å². The van der Waals surface area contributed by atoms with Crippen molar-refractivity contribution in [2.45, 2.75) is 31.1 Å². The molecule has 2 N–H and O–H groups in total. The van der Waals surface area contributed by atoms with Gasteiger partial charge in [-0.2, -0.15) is 0 Å². The maximum Gasteiger partial charge on any atom is 0.220 e. The minimum absolute atomic E-state index is 0. The summed E-state index contributed by atoms with van der Waals surface area (Å²) in [6.07, 6.45) is 3.51. The monoisotopic (exact) mass is 305 g/mol. The van der Waals surface area contributed by atoms with E-state index in [9.17, 15) is 8.42 Å². The van der Waals surface area contributed by atoms with Gasteiger partial charge in [0.15, 0.2) is 0 Å². The molecule has 1 aromatic rings. The molecule has 19 heavy (non-hydrogen) atoms. The van der Waals surface area contributed by atoms with E-state index in [0.29, 0.717) is 12.2 Å². The van der Waals surface area contributed by atoms with E-state index in [4.69, 9.17) is 0 Å². The van der Waals surface area contributed by atoms with Crippen molar-refractivity contribution < 1.29 is 8.42 Å². The van der Waals surface area contributed by atoms with Crippen molar-refractivity contribution in [1.82, 2.24) is 15.0 Å². The number of nitrogens with zero attached hydrogens (tertiary/aromatic N) is 1. The molecule has 1 aromatic heterocycles. The Bertz CT molecular complexity index is 475. The van der Waals surface area contributed by atoms with Crippen molar-refractivity contribution in [1.29, 1.82) is 0 Å². The van der Waals surface area contributed by atoms with Crippen LogP contribution in [0.2, 0.25) is 0 Å². The number of nitrogens with one attached hydrogen (secondary N) is 2. The SMILES string of the molecule is CC(c1ccccn1)S(=O)(=O)NC1CCCNC1.Cl. The third-order valence-corrected chi connectivity index (χ3v) is 5.03. The molecule has 1 fully saturated rings. The van der Waals surface area contributed by atoms with Crippen molar-refractivity contribution in [2.24, 2.45) is 0 Å². The van der Waals surface area contributed by atoms with Crippen LogP contribution >= 0.6 is 12.4 Å². The van der Waals surface area contributed by atoms with Crippen LogP contribution in [0, 0.1) is 0 Å². The summed E-state index contributed by atoms with van der Waals surface area (Å²) in [6.45, 7) is 3.34. The molecule has 2 rings (SSSR count). The fourth-order valence-corrected chi connectivity index (χ4v) is 3.39. The molecule has 1 aliphatic rings. The third kappa shape index (κ3) is 4.42. The molecular formula is C12H20ClN3O2S. The first-order valence-corrected chi connectivity index (χ1v) is 7.77. The lowest BCUT2D eigenvalue weighted by molar-refractivity contribution is 0.427. The molecule has 0 amide bonds. The topological polar surface area (TPSA) is 71.1 Å². The molecule has 2 unspecified atom stereocenters. The second kappa shape index (κ2) is 7.19. The lowest BCUT2D eigenvalue weighted by Gasteiger charge is -2.25. The van der Waals surface area contributed by atoms with Gasteiger partial charge in [0, 0.05) is 18.8 Å². The highest BCUT2D eigenvalue weighted by Gasteiger charge is 2.27. The molecule has 7 heteroatoms. The molecule has 2 heterocycles. The van der Waals surface area contributed by atoms with Gasteiger partial charge in [-0.05, 0) is 38.4 Å². The van der Waals surface area contributed by atoms with Gasteiger partial charge >= 0.3 is 0 Å². The van der Waals surface area contributed by atoms with Crippen LogP contribution in [0.3, 0.4) is 0 Å². The van der Waals surface area contributed by atoms with Gasteiger partial charge in [-0.3, -0.25) is 4.98 Å². The molecular weight excluding hydrogens is 286 g/mol. The van der Waals surface area contributed by atoms with Crippen molar-refractivity contribution >= 4 is 22.4 Å². The lowest BCUT2D eigenvalue weighted by atomic mass is 10.1. The van der Waals surface area contributed by atoms with E-state index in [1.165, 1.54) is 0 Å². The number of aromatic nitrogens is 1. The smallest absolute Gasteiger partial charge is 0.220 e. The summed E-state index contributed by atoms with van der Waals surface area (Å²) in [5.41, 5.74) is 0.578. The second-order valence-electron chi connectivity index (χ2n) is 4.60. The molecule has 5 nitrogen and oxygen atoms in total. The Hall–Kier alpha value is -0.690. The van der Waals surface area contributed by atoms with E-state index in [2.05, 4.69) is 15.0 Å². The molecule has 1 aliphatic heterocycles. The van der Waals surface area contributed by atoms with Gasteiger partial charge in [-0.1, -0.05) is 6.07 Å². The summed E-state index contributed by atoms with van der Waals surface area (Å²) in [5.74, 6) is 0. The number of hydrogen-bond donors (Lipinski definition) is 2. The molecule has 0 radical (unpaired) electrons. The summed E-state index contributed by atoms with van der Waals surface area (Å²) < 4.78 is 27.2. The van der Waals surface area contributed by atoms with Gasteiger partial charge in [0.2, 0.25) is 10.0 Å². The molecule has 108 valence electrons. The van der Waals surface area contributed by atoms with E-state index >= 15 is 0 Å². The lowest BCUT2D eigenvalue weighted by Crippen LogP contribution is -2.46.